The largest absolute Gasteiger partial charge is 0.390 e. The average molecular weight is 847 g/mol. The second-order valence-corrected chi connectivity index (χ2v) is 19.1. The number of aliphatic hydroxyl groups excluding tert-OH is 2. The van der Waals surface area contributed by atoms with Crippen molar-refractivity contribution in [1.82, 2.24) is 0 Å². The van der Waals surface area contributed by atoms with E-state index >= 15 is 0 Å². The molecule has 0 aliphatic heterocycles. The van der Waals surface area contributed by atoms with Gasteiger partial charge >= 0.3 is 0 Å². The van der Waals surface area contributed by atoms with Crippen LogP contribution in [0.5, 0.6) is 0 Å². The minimum atomic E-state index is -2.43. The molecule has 0 saturated heterocycles. The summed E-state index contributed by atoms with van der Waals surface area (Å²) in [5, 5.41) is 34.3. The Bertz CT molecular complexity index is 932. The number of Topliss-reactive ketones (excluding diaryl/α,β-unsaturated/α-hetero) is 2. The predicted molar refractivity (Wildman–Crippen MR) is 261 cm³/mol. The van der Waals surface area contributed by atoms with E-state index in [1.54, 1.807) is 0 Å². The number of rotatable bonds is 50. The Balaban J connectivity index is 4.64. The summed E-state index contributed by atoms with van der Waals surface area (Å²) >= 11 is 0. The van der Waals surface area contributed by atoms with Crippen LogP contribution in [0.4, 0.5) is 0 Å². The topological polar surface area (TPSA) is 94.8 Å². The van der Waals surface area contributed by atoms with E-state index < -0.39 is 29.4 Å². The molecule has 0 fully saturated rings. The fourth-order valence-electron chi connectivity index (χ4n) is 8.88. The van der Waals surface area contributed by atoms with Gasteiger partial charge in [0.05, 0.1) is 6.10 Å². The molecule has 0 aromatic heterocycles. The van der Waals surface area contributed by atoms with E-state index in [-0.39, 0.29) is 19.3 Å². The molecule has 0 aromatic rings. The molecule has 0 saturated carbocycles. The minimum absolute atomic E-state index is 0.0771. The quantitative estimate of drug-likeness (QED) is 0.0419. The summed E-state index contributed by atoms with van der Waals surface area (Å²) in [6, 6.07) is 0. The summed E-state index contributed by atoms with van der Waals surface area (Å²) in [7, 11) is 0. The molecular formula is C55H106O5. The van der Waals surface area contributed by atoms with Crippen LogP contribution in [0, 0.1) is 0 Å². The molecule has 0 rings (SSSR count). The summed E-state index contributed by atoms with van der Waals surface area (Å²) in [4.78, 5) is 26.9. The van der Waals surface area contributed by atoms with Crippen molar-refractivity contribution < 1.29 is 24.9 Å². The van der Waals surface area contributed by atoms with Crippen LogP contribution in [0.1, 0.15) is 310 Å². The zero-order chi connectivity index (χ0) is 44.0. The molecule has 0 spiro atoms. The third-order valence-electron chi connectivity index (χ3n) is 13.2. The lowest BCUT2D eigenvalue weighted by atomic mass is 9.79. The first-order valence-corrected chi connectivity index (χ1v) is 27.2. The third kappa shape index (κ3) is 35.4. The highest BCUT2D eigenvalue weighted by molar-refractivity contribution is 5.96. The van der Waals surface area contributed by atoms with E-state index in [0.29, 0.717) is 19.3 Å². The Morgan fingerprint density at radius 3 is 0.983 bits per heavy atom. The van der Waals surface area contributed by atoms with Crippen LogP contribution < -0.4 is 0 Å². The maximum Gasteiger partial charge on any atom is 0.181 e. The summed E-state index contributed by atoms with van der Waals surface area (Å²) in [5.41, 5.74) is -2.43. The summed E-state index contributed by atoms with van der Waals surface area (Å²) in [6.07, 6.45) is 52.3. The van der Waals surface area contributed by atoms with Crippen molar-refractivity contribution in [3.8, 4) is 0 Å². The molecule has 356 valence electrons. The fourth-order valence-corrected chi connectivity index (χ4v) is 8.88. The molecule has 0 amide bonds. The molecule has 0 aliphatic rings. The van der Waals surface area contributed by atoms with Gasteiger partial charge in [-0.2, -0.15) is 0 Å². The summed E-state index contributed by atoms with van der Waals surface area (Å²) < 4.78 is 0. The van der Waals surface area contributed by atoms with Gasteiger partial charge in [0.15, 0.2) is 23.3 Å². The maximum absolute atomic E-state index is 13.6. The maximum atomic E-state index is 13.6. The molecule has 3 unspecified atom stereocenters. The zero-order valence-corrected chi connectivity index (χ0v) is 40.8. The molecule has 0 radical (unpaired) electrons. The Hall–Kier alpha value is -1.04. The van der Waals surface area contributed by atoms with E-state index in [0.717, 1.165) is 70.6 Å². The van der Waals surface area contributed by atoms with Gasteiger partial charge in [0.1, 0.15) is 0 Å². The Kier molecular flexibility index (Phi) is 45.2. The monoisotopic (exact) mass is 847 g/mol. The van der Waals surface area contributed by atoms with Crippen LogP contribution >= 0.6 is 0 Å². The summed E-state index contributed by atoms with van der Waals surface area (Å²) in [5.74, 6) is -1.08. The van der Waals surface area contributed by atoms with Gasteiger partial charge in [0.25, 0.3) is 0 Å². The lowest BCUT2D eigenvalue weighted by Crippen LogP contribution is -2.60. The van der Waals surface area contributed by atoms with Gasteiger partial charge in [-0.05, 0) is 44.9 Å². The average Bonchev–Trinajstić information content (AvgIpc) is 3.25. The lowest BCUT2D eigenvalue weighted by Gasteiger charge is -2.35. The van der Waals surface area contributed by atoms with Crippen LogP contribution in [0.3, 0.4) is 0 Å². The van der Waals surface area contributed by atoms with Gasteiger partial charge in [-0.25, -0.2) is 0 Å². The highest BCUT2D eigenvalue weighted by atomic mass is 16.4. The molecular weight excluding hydrogens is 741 g/mol. The van der Waals surface area contributed by atoms with Crippen LogP contribution in [0.25, 0.3) is 0 Å². The number of hydrogen-bond acceptors (Lipinski definition) is 5. The normalized spacial score (nSPS) is 13.9. The molecule has 5 nitrogen and oxygen atoms in total. The Morgan fingerprint density at radius 2 is 0.650 bits per heavy atom. The van der Waals surface area contributed by atoms with Gasteiger partial charge in [-0.3, -0.25) is 9.59 Å². The van der Waals surface area contributed by atoms with Crippen molar-refractivity contribution in [2.75, 3.05) is 0 Å². The number of allylic oxidation sites excluding steroid dienone is 2. The first kappa shape index (κ1) is 59.0. The van der Waals surface area contributed by atoms with Crippen molar-refractivity contribution in [2.45, 2.75) is 328 Å². The van der Waals surface area contributed by atoms with Crippen LogP contribution in [-0.4, -0.2) is 44.7 Å². The van der Waals surface area contributed by atoms with Gasteiger partial charge in [0.2, 0.25) is 0 Å². The number of carbonyl (C=O) groups is 2. The second-order valence-electron chi connectivity index (χ2n) is 19.1. The van der Waals surface area contributed by atoms with Crippen molar-refractivity contribution in [3.63, 3.8) is 0 Å². The molecule has 0 aliphatic carbocycles. The first-order valence-electron chi connectivity index (χ1n) is 27.2. The highest BCUT2D eigenvalue weighted by Gasteiger charge is 2.50. The van der Waals surface area contributed by atoms with Crippen LogP contribution in [-0.2, 0) is 9.59 Å². The SMILES string of the molecule is CCCCCCCC/C=C\CCCCCCCC(=O)C(O)(C(O)CCCCCCCCCCCCCCCC)C(O)C(=O)CCCCCCCCCCCCCCCCC. The third-order valence-corrected chi connectivity index (χ3v) is 13.2. The van der Waals surface area contributed by atoms with Crippen molar-refractivity contribution in [3.05, 3.63) is 12.2 Å². The van der Waals surface area contributed by atoms with Crippen LogP contribution in [0.2, 0.25) is 0 Å². The lowest BCUT2D eigenvalue weighted by molar-refractivity contribution is -0.179. The Morgan fingerprint density at radius 1 is 0.383 bits per heavy atom. The molecule has 0 aromatic carbocycles. The number of unbranched alkanes of at least 4 members (excludes halogenated alkanes) is 38. The summed E-state index contributed by atoms with van der Waals surface area (Å²) in [6.45, 7) is 6.79. The van der Waals surface area contributed by atoms with Gasteiger partial charge < -0.3 is 15.3 Å². The number of ketones is 2. The standard InChI is InChI=1S/C55H106O5/c1-4-7-10-13-16-19-22-25-28-30-33-36-39-42-45-48-51(56)54(59)55(60,52(57)49-46-43-40-37-34-31-27-24-21-18-15-12-9-6-3)53(58)50-47-44-41-38-35-32-29-26-23-20-17-14-11-8-5-2/h26,29,52,54,57,59-60H,4-25,27-28,30-50H2,1-3H3/b29-26-. The van der Waals surface area contributed by atoms with Gasteiger partial charge in [-0.1, -0.05) is 264 Å². The molecule has 0 bridgehead atoms. The minimum Gasteiger partial charge on any atom is -0.390 e. The van der Waals surface area contributed by atoms with E-state index in [1.807, 2.05) is 0 Å². The van der Waals surface area contributed by atoms with Crippen molar-refractivity contribution >= 4 is 11.6 Å². The molecule has 5 heteroatoms. The number of hydrogen-bond donors (Lipinski definition) is 3. The zero-order valence-electron chi connectivity index (χ0n) is 40.8. The molecule has 0 heterocycles. The predicted octanol–water partition coefficient (Wildman–Crippen LogP) is 16.7. The number of aliphatic hydroxyl groups is 3. The highest BCUT2D eigenvalue weighted by Crippen LogP contribution is 2.27. The van der Waals surface area contributed by atoms with Gasteiger partial charge in [0, 0.05) is 12.8 Å². The van der Waals surface area contributed by atoms with E-state index in [9.17, 15) is 24.9 Å². The van der Waals surface area contributed by atoms with Crippen molar-refractivity contribution in [2.24, 2.45) is 0 Å². The van der Waals surface area contributed by atoms with E-state index in [2.05, 4.69) is 32.9 Å². The van der Waals surface area contributed by atoms with Crippen molar-refractivity contribution in [1.29, 1.82) is 0 Å². The van der Waals surface area contributed by atoms with E-state index in [1.165, 1.54) is 180 Å². The molecule has 60 heavy (non-hydrogen) atoms. The second kappa shape index (κ2) is 46.0. The molecule has 3 N–H and O–H groups in total. The molecule has 3 atom stereocenters. The number of carbonyl (C=O) groups excluding carboxylic acids is 2. The van der Waals surface area contributed by atoms with Gasteiger partial charge in [-0.15, -0.1) is 0 Å². The Labute approximate surface area is 374 Å². The van der Waals surface area contributed by atoms with E-state index in [4.69, 9.17) is 0 Å². The first-order chi connectivity index (χ1) is 29.4. The van der Waals surface area contributed by atoms with Crippen LogP contribution in [0.15, 0.2) is 12.2 Å². The smallest absolute Gasteiger partial charge is 0.181 e. The fraction of sp³-hybridized carbons (Fsp3) is 0.927.